The maximum Gasteiger partial charge on any atom is 0.254 e. The smallest absolute Gasteiger partial charge is 0.254 e. The number of rotatable bonds is 9. The number of hydrogen-bond donors (Lipinski definition) is 0. The van der Waals surface area contributed by atoms with Crippen molar-refractivity contribution >= 4 is 33.2 Å². The zero-order chi connectivity index (χ0) is 23.9. The van der Waals surface area contributed by atoms with Crippen LogP contribution in [0.2, 0.25) is 0 Å². The predicted octanol–water partition coefficient (Wildman–Crippen LogP) is 5.08. The summed E-state index contributed by atoms with van der Waals surface area (Å²) in [5, 5.41) is 2.93. The van der Waals surface area contributed by atoms with E-state index in [-0.39, 0.29) is 5.91 Å². The maximum absolute atomic E-state index is 13.4. The summed E-state index contributed by atoms with van der Waals surface area (Å²) in [7, 11) is 0. The molecular weight excluding hydrogens is 514 g/mol. The topological polar surface area (TPSA) is 54.9 Å². The number of aryl methyl sites for hydroxylation is 1. The third kappa shape index (κ3) is 6.66. The number of benzene rings is 2. The summed E-state index contributed by atoms with van der Waals surface area (Å²) in [6, 6.07) is 13.6. The molecule has 1 aliphatic rings. The molecule has 1 saturated heterocycles. The lowest BCUT2D eigenvalue weighted by Crippen LogP contribution is -2.43. The highest BCUT2D eigenvalue weighted by atomic mass is 79.9. The number of hydrogen-bond acceptors (Lipinski definition) is 6. The minimum Gasteiger partial charge on any atom is -0.486 e. The molecule has 0 atom stereocenters. The Morgan fingerprint density at radius 2 is 2.00 bits per heavy atom. The normalized spacial score (nSPS) is 14.2. The molecule has 1 amide bonds. The van der Waals surface area contributed by atoms with Gasteiger partial charge < -0.3 is 14.4 Å². The number of thiazole rings is 1. The van der Waals surface area contributed by atoms with Crippen molar-refractivity contribution in [3.8, 4) is 5.75 Å². The first-order valence-electron chi connectivity index (χ1n) is 11.5. The molecule has 3 aromatic rings. The van der Waals surface area contributed by atoms with Crippen molar-refractivity contribution in [2.45, 2.75) is 27.0 Å². The summed E-state index contributed by atoms with van der Waals surface area (Å²) in [6.45, 7) is 9.77. The second-order valence-corrected chi connectivity index (χ2v) is 10.3. The first-order valence-corrected chi connectivity index (χ1v) is 13.1. The molecule has 8 heteroatoms. The molecule has 0 N–H and O–H groups in total. The van der Waals surface area contributed by atoms with Gasteiger partial charge in [-0.15, -0.1) is 11.3 Å². The van der Waals surface area contributed by atoms with Crippen LogP contribution in [0.5, 0.6) is 5.75 Å². The quantitative estimate of drug-likeness (QED) is 0.376. The van der Waals surface area contributed by atoms with Gasteiger partial charge in [0, 0.05) is 41.6 Å². The van der Waals surface area contributed by atoms with Gasteiger partial charge in [-0.2, -0.15) is 0 Å². The minimum atomic E-state index is 0.00995. The van der Waals surface area contributed by atoms with Crippen LogP contribution in [0.3, 0.4) is 0 Å². The summed E-state index contributed by atoms with van der Waals surface area (Å²) in [5.74, 6) is 0.893. The first kappa shape index (κ1) is 24.9. The van der Waals surface area contributed by atoms with Crippen LogP contribution in [0.25, 0.3) is 0 Å². The Labute approximate surface area is 213 Å². The fourth-order valence-corrected chi connectivity index (χ4v) is 4.94. The summed E-state index contributed by atoms with van der Waals surface area (Å²) in [6.07, 6.45) is 0. The Bertz CT molecular complexity index is 1110. The van der Waals surface area contributed by atoms with Gasteiger partial charge in [0.25, 0.3) is 5.91 Å². The van der Waals surface area contributed by atoms with E-state index in [0.717, 1.165) is 59.3 Å². The van der Waals surface area contributed by atoms with Gasteiger partial charge in [-0.3, -0.25) is 9.69 Å². The van der Waals surface area contributed by atoms with E-state index in [0.29, 0.717) is 25.3 Å². The summed E-state index contributed by atoms with van der Waals surface area (Å²) in [4.78, 5) is 22.4. The Kier molecular flexibility index (Phi) is 8.72. The van der Waals surface area contributed by atoms with Crippen molar-refractivity contribution in [2.24, 2.45) is 0 Å². The molecule has 0 radical (unpaired) electrons. The molecule has 1 fully saturated rings. The van der Waals surface area contributed by atoms with Crippen LogP contribution >= 0.6 is 27.3 Å². The molecule has 34 heavy (non-hydrogen) atoms. The predicted molar refractivity (Wildman–Crippen MR) is 139 cm³/mol. The number of aromatic nitrogens is 1. The highest BCUT2D eigenvalue weighted by Crippen LogP contribution is 2.23. The van der Waals surface area contributed by atoms with Crippen LogP contribution in [0, 0.1) is 13.8 Å². The summed E-state index contributed by atoms with van der Waals surface area (Å²) in [5.41, 5.74) is 3.91. The lowest BCUT2D eigenvalue weighted by Gasteiger charge is -2.30. The fourth-order valence-electron chi connectivity index (χ4n) is 3.85. The van der Waals surface area contributed by atoms with Crippen LogP contribution < -0.4 is 4.74 Å². The van der Waals surface area contributed by atoms with Crippen LogP contribution in [0.15, 0.2) is 52.3 Å². The second kappa shape index (κ2) is 11.9. The molecule has 0 bridgehead atoms. The standard InChI is InChI=1S/C26H30BrN3O3S/c1-19-5-3-8-24(20(19)2)33-17-25-28-23(18-34-25)16-30(10-9-29-11-13-32-14-12-29)26(31)21-6-4-7-22(27)15-21/h3-8,15,18H,9-14,16-17H2,1-2H3. The SMILES string of the molecule is Cc1cccc(OCc2nc(CN(CCN3CCOCC3)C(=O)c3cccc(Br)c3)cs2)c1C. The highest BCUT2D eigenvalue weighted by molar-refractivity contribution is 9.10. The third-order valence-electron chi connectivity index (χ3n) is 6.01. The molecule has 0 saturated carbocycles. The second-order valence-electron chi connectivity index (χ2n) is 8.41. The van der Waals surface area contributed by atoms with Crippen molar-refractivity contribution in [3.63, 3.8) is 0 Å². The molecule has 0 unspecified atom stereocenters. The largest absolute Gasteiger partial charge is 0.486 e. The van der Waals surface area contributed by atoms with Gasteiger partial charge in [0.05, 0.1) is 25.5 Å². The number of carbonyl (C=O) groups excluding carboxylic acids is 1. The average Bonchev–Trinajstić information content (AvgIpc) is 3.30. The molecule has 0 spiro atoms. The minimum absolute atomic E-state index is 0.00995. The van der Waals surface area contributed by atoms with E-state index >= 15 is 0 Å². The molecule has 1 aliphatic heterocycles. The fraction of sp³-hybridized carbons (Fsp3) is 0.385. The molecule has 2 aromatic carbocycles. The van der Waals surface area contributed by atoms with Gasteiger partial charge in [0.15, 0.2) is 0 Å². The van der Waals surface area contributed by atoms with Gasteiger partial charge in [-0.1, -0.05) is 34.1 Å². The van der Waals surface area contributed by atoms with Gasteiger partial charge in [-0.25, -0.2) is 4.98 Å². The number of amides is 1. The summed E-state index contributed by atoms with van der Waals surface area (Å²) >= 11 is 5.05. The van der Waals surface area contributed by atoms with Crippen LogP contribution in [0.1, 0.15) is 32.2 Å². The van der Waals surface area contributed by atoms with Gasteiger partial charge in [0.2, 0.25) is 0 Å². The van der Waals surface area contributed by atoms with Crippen molar-refractivity contribution in [2.75, 3.05) is 39.4 Å². The Hall–Kier alpha value is -2.26. The van der Waals surface area contributed by atoms with E-state index in [4.69, 9.17) is 14.5 Å². The van der Waals surface area contributed by atoms with Gasteiger partial charge >= 0.3 is 0 Å². The number of halogens is 1. The zero-order valence-corrected chi connectivity index (χ0v) is 22.0. The summed E-state index contributed by atoms with van der Waals surface area (Å²) < 4.78 is 12.4. The van der Waals surface area contributed by atoms with Crippen molar-refractivity contribution < 1.29 is 14.3 Å². The lowest BCUT2D eigenvalue weighted by molar-refractivity contribution is 0.0319. The molecule has 2 heterocycles. The molecule has 4 rings (SSSR count). The van der Waals surface area contributed by atoms with E-state index in [1.54, 1.807) is 11.3 Å². The maximum atomic E-state index is 13.4. The van der Waals surface area contributed by atoms with Gasteiger partial charge in [-0.05, 0) is 49.2 Å². The number of ether oxygens (including phenoxy) is 2. The molecule has 1 aromatic heterocycles. The zero-order valence-electron chi connectivity index (χ0n) is 19.6. The number of nitrogens with zero attached hydrogens (tertiary/aromatic N) is 3. The average molecular weight is 545 g/mol. The Morgan fingerprint density at radius 3 is 2.79 bits per heavy atom. The van der Waals surface area contributed by atoms with E-state index in [1.165, 1.54) is 5.56 Å². The van der Waals surface area contributed by atoms with E-state index in [2.05, 4.69) is 40.7 Å². The first-order chi connectivity index (χ1) is 16.5. The Morgan fingerprint density at radius 1 is 1.21 bits per heavy atom. The van der Waals surface area contributed by atoms with E-state index < -0.39 is 0 Å². The lowest BCUT2D eigenvalue weighted by atomic mass is 10.1. The van der Waals surface area contributed by atoms with Crippen LogP contribution in [-0.2, 0) is 17.9 Å². The highest BCUT2D eigenvalue weighted by Gasteiger charge is 2.20. The molecular formula is C26H30BrN3O3S. The van der Waals surface area contributed by atoms with Crippen molar-refractivity contribution in [1.29, 1.82) is 0 Å². The van der Waals surface area contributed by atoms with Crippen LogP contribution in [-0.4, -0.2) is 60.1 Å². The van der Waals surface area contributed by atoms with Crippen molar-refractivity contribution in [3.05, 3.63) is 79.7 Å². The number of carbonyl (C=O) groups is 1. The third-order valence-corrected chi connectivity index (χ3v) is 7.37. The molecule has 180 valence electrons. The van der Waals surface area contributed by atoms with Gasteiger partial charge in [0.1, 0.15) is 17.4 Å². The monoisotopic (exact) mass is 543 g/mol. The molecule has 6 nitrogen and oxygen atoms in total. The van der Waals surface area contributed by atoms with Crippen LogP contribution in [0.4, 0.5) is 0 Å². The molecule has 0 aliphatic carbocycles. The Balaban J connectivity index is 1.43. The van der Waals surface area contributed by atoms with E-state index in [9.17, 15) is 4.79 Å². The van der Waals surface area contributed by atoms with Crippen molar-refractivity contribution in [1.82, 2.24) is 14.8 Å². The van der Waals surface area contributed by atoms with E-state index in [1.807, 2.05) is 46.7 Å². The number of morpholine rings is 1.